The Morgan fingerprint density at radius 1 is 0.826 bits per heavy atom. The molecule has 0 rings (SSSR count). The fourth-order valence-corrected chi connectivity index (χ4v) is 2.01. The van der Waals surface area contributed by atoms with E-state index in [1.807, 2.05) is 20.8 Å². The van der Waals surface area contributed by atoms with E-state index in [-0.39, 0.29) is 5.97 Å². The van der Waals surface area contributed by atoms with Gasteiger partial charge in [0.05, 0.1) is 12.0 Å². The summed E-state index contributed by atoms with van der Waals surface area (Å²) in [6.07, 6.45) is 12.1. The van der Waals surface area contributed by atoms with Gasteiger partial charge in [-0.05, 0) is 80.6 Å². The van der Waals surface area contributed by atoms with Gasteiger partial charge in [-0.2, -0.15) is 0 Å². The van der Waals surface area contributed by atoms with Gasteiger partial charge in [-0.15, -0.1) is 0 Å². The molecule has 0 aromatic rings. The molecule has 132 valence electrons. The molecule has 0 N–H and O–H groups in total. The fraction of sp³-hybridized carbons (Fsp3) is 0.667. The van der Waals surface area contributed by atoms with Crippen molar-refractivity contribution in [1.82, 2.24) is 0 Å². The summed E-state index contributed by atoms with van der Waals surface area (Å²) in [6, 6.07) is 0. The van der Waals surface area contributed by atoms with E-state index in [0.29, 0.717) is 6.61 Å². The third-order valence-electron chi connectivity index (χ3n) is 3.58. The lowest BCUT2D eigenvalue weighted by atomic mass is 9.97. The largest absolute Gasteiger partial charge is 0.465 e. The molecule has 0 atom stereocenters. The molecule has 2 nitrogen and oxygen atoms in total. The molecule has 0 saturated heterocycles. The number of rotatable bonds is 9. The molecule has 0 heterocycles. The monoisotopic (exact) mass is 320 g/mol. The van der Waals surface area contributed by atoms with Crippen molar-refractivity contribution in [3.05, 3.63) is 34.9 Å². The number of esters is 1. The van der Waals surface area contributed by atoms with Crippen molar-refractivity contribution in [3.63, 3.8) is 0 Å². The standard InChI is InChI=1S/C21H36O2/c1-17(2)11-8-12-18(3)13-9-14-19(4)15-10-16-23-20(22)21(5,6)7/h11,13,15H,8-10,12,14,16H2,1-7H3. The van der Waals surface area contributed by atoms with Gasteiger partial charge >= 0.3 is 5.97 Å². The van der Waals surface area contributed by atoms with Crippen molar-refractivity contribution in [1.29, 1.82) is 0 Å². The molecule has 0 aliphatic carbocycles. The quantitative estimate of drug-likeness (QED) is 0.280. The Bertz CT molecular complexity index is 441. The van der Waals surface area contributed by atoms with Crippen molar-refractivity contribution in [2.75, 3.05) is 6.61 Å². The van der Waals surface area contributed by atoms with Crippen molar-refractivity contribution in [2.24, 2.45) is 5.41 Å². The number of hydrogen-bond acceptors (Lipinski definition) is 2. The van der Waals surface area contributed by atoms with Crippen molar-refractivity contribution < 1.29 is 9.53 Å². The van der Waals surface area contributed by atoms with Crippen molar-refractivity contribution in [2.45, 2.75) is 80.6 Å². The lowest BCUT2D eigenvalue weighted by Gasteiger charge is -2.16. The Balaban J connectivity index is 3.94. The van der Waals surface area contributed by atoms with Crippen LogP contribution in [-0.2, 0) is 9.53 Å². The molecule has 0 unspecified atom stereocenters. The van der Waals surface area contributed by atoms with Crippen LogP contribution in [0, 0.1) is 5.41 Å². The molecule has 0 aliphatic heterocycles. The Morgan fingerprint density at radius 3 is 1.78 bits per heavy atom. The molecular formula is C21H36O2. The molecule has 0 spiro atoms. The molecule has 0 saturated carbocycles. The minimum atomic E-state index is -0.410. The van der Waals surface area contributed by atoms with E-state index < -0.39 is 5.41 Å². The molecule has 0 amide bonds. The number of carbonyl (C=O) groups is 1. The van der Waals surface area contributed by atoms with Crippen LogP contribution < -0.4 is 0 Å². The SMILES string of the molecule is CC(C)=CCCC(C)=CCCC(C)=CCCOC(=O)C(C)(C)C. The minimum absolute atomic E-state index is 0.126. The number of carbonyl (C=O) groups excluding carboxylic acids is 1. The van der Waals surface area contributed by atoms with Crippen LogP contribution in [0.2, 0.25) is 0 Å². The van der Waals surface area contributed by atoms with Crippen LogP contribution in [0.1, 0.15) is 80.6 Å². The first kappa shape index (κ1) is 21.7. The topological polar surface area (TPSA) is 26.3 Å². The van der Waals surface area contributed by atoms with Crippen LogP contribution in [0.15, 0.2) is 34.9 Å². The summed E-state index contributed by atoms with van der Waals surface area (Å²) in [5, 5.41) is 0. The van der Waals surface area contributed by atoms with Crippen LogP contribution in [0.4, 0.5) is 0 Å². The van der Waals surface area contributed by atoms with Gasteiger partial charge in [0.15, 0.2) is 0 Å². The second-order valence-corrected chi connectivity index (χ2v) is 7.63. The highest BCUT2D eigenvalue weighted by molar-refractivity contribution is 5.75. The average Bonchev–Trinajstić information content (AvgIpc) is 2.41. The summed E-state index contributed by atoms with van der Waals surface area (Å²) in [6.45, 7) is 14.8. The van der Waals surface area contributed by atoms with E-state index in [1.54, 1.807) is 0 Å². The lowest BCUT2D eigenvalue weighted by Crippen LogP contribution is -2.23. The van der Waals surface area contributed by atoms with E-state index in [0.717, 1.165) is 32.1 Å². The zero-order valence-corrected chi connectivity index (χ0v) is 16.3. The average molecular weight is 321 g/mol. The van der Waals surface area contributed by atoms with Crippen LogP contribution >= 0.6 is 0 Å². The highest BCUT2D eigenvalue weighted by Gasteiger charge is 2.22. The van der Waals surface area contributed by atoms with Gasteiger partial charge in [-0.1, -0.05) is 34.9 Å². The first-order valence-electron chi connectivity index (χ1n) is 8.74. The molecule has 0 radical (unpaired) electrons. The molecule has 0 aromatic heterocycles. The second kappa shape index (κ2) is 11.3. The van der Waals surface area contributed by atoms with Crippen molar-refractivity contribution in [3.8, 4) is 0 Å². The van der Waals surface area contributed by atoms with Gasteiger partial charge in [0.1, 0.15) is 0 Å². The molecule has 0 bridgehead atoms. The summed E-state index contributed by atoms with van der Waals surface area (Å²) in [5.41, 5.74) is 3.82. The maximum atomic E-state index is 11.6. The Morgan fingerprint density at radius 2 is 1.30 bits per heavy atom. The van der Waals surface area contributed by atoms with E-state index in [2.05, 4.69) is 45.9 Å². The van der Waals surface area contributed by atoms with Crippen LogP contribution in [-0.4, -0.2) is 12.6 Å². The maximum absolute atomic E-state index is 11.6. The maximum Gasteiger partial charge on any atom is 0.311 e. The number of hydrogen-bond donors (Lipinski definition) is 0. The third-order valence-corrected chi connectivity index (χ3v) is 3.58. The predicted molar refractivity (Wildman–Crippen MR) is 100 cm³/mol. The predicted octanol–water partition coefficient (Wildman–Crippen LogP) is 6.39. The molecule has 0 aromatic carbocycles. The highest BCUT2D eigenvalue weighted by Crippen LogP contribution is 2.15. The van der Waals surface area contributed by atoms with Gasteiger partial charge in [0.25, 0.3) is 0 Å². The lowest BCUT2D eigenvalue weighted by molar-refractivity contribution is -0.152. The van der Waals surface area contributed by atoms with Gasteiger partial charge in [-0.3, -0.25) is 4.79 Å². The zero-order chi connectivity index (χ0) is 17.9. The summed E-state index contributed by atoms with van der Waals surface area (Å²) < 4.78 is 5.26. The van der Waals surface area contributed by atoms with E-state index in [9.17, 15) is 4.79 Å². The fourth-order valence-electron chi connectivity index (χ4n) is 2.01. The summed E-state index contributed by atoms with van der Waals surface area (Å²) in [5.74, 6) is -0.126. The third kappa shape index (κ3) is 12.9. The summed E-state index contributed by atoms with van der Waals surface area (Å²) in [7, 11) is 0. The van der Waals surface area contributed by atoms with Gasteiger partial charge in [0, 0.05) is 0 Å². The van der Waals surface area contributed by atoms with Gasteiger partial charge in [-0.25, -0.2) is 0 Å². The Labute approximate surface area is 143 Å². The second-order valence-electron chi connectivity index (χ2n) is 7.63. The normalized spacial score (nSPS) is 13.0. The van der Waals surface area contributed by atoms with Crippen molar-refractivity contribution >= 4 is 5.97 Å². The summed E-state index contributed by atoms with van der Waals surface area (Å²) >= 11 is 0. The van der Waals surface area contributed by atoms with E-state index in [1.165, 1.54) is 16.7 Å². The molecule has 23 heavy (non-hydrogen) atoms. The van der Waals surface area contributed by atoms with E-state index >= 15 is 0 Å². The minimum Gasteiger partial charge on any atom is -0.465 e. The number of ether oxygens (including phenoxy) is 1. The Hall–Kier alpha value is -1.31. The van der Waals surface area contributed by atoms with Crippen LogP contribution in [0.3, 0.4) is 0 Å². The smallest absolute Gasteiger partial charge is 0.311 e. The highest BCUT2D eigenvalue weighted by atomic mass is 16.5. The molecule has 0 fully saturated rings. The van der Waals surface area contributed by atoms with E-state index in [4.69, 9.17) is 4.74 Å². The first-order chi connectivity index (χ1) is 10.6. The number of allylic oxidation sites excluding steroid dienone is 5. The first-order valence-corrected chi connectivity index (χ1v) is 8.74. The molecule has 0 aliphatic rings. The summed E-state index contributed by atoms with van der Waals surface area (Å²) in [4.78, 5) is 11.6. The van der Waals surface area contributed by atoms with Crippen LogP contribution in [0.5, 0.6) is 0 Å². The van der Waals surface area contributed by atoms with Crippen LogP contribution in [0.25, 0.3) is 0 Å². The van der Waals surface area contributed by atoms with Gasteiger partial charge < -0.3 is 4.74 Å². The Kier molecular flexibility index (Phi) is 10.6. The van der Waals surface area contributed by atoms with Gasteiger partial charge in [0.2, 0.25) is 0 Å². The molecule has 2 heteroatoms. The zero-order valence-electron chi connectivity index (χ0n) is 16.3. The molecular weight excluding hydrogens is 284 g/mol.